The molecular formula is C14H19ClO3. The molecule has 18 heavy (non-hydrogen) atoms. The van der Waals surface area contributed by atoms with Crippen LogP contribution in [-0.2, 0) is 9.47 Å². The molecule has 3 nitrogen and oxygen atoms in total. The zero-order valence-corrected chi connectivity index (χ0v) is 11.6. The first-order chi connectivity index (χ1) is 8.63. The fourth-order valence-corrected chi connectivity index (χ4v) is 1.49. The summed E-state index contributed by atoms with van der Waals surface area (Å²) in [5.41, 5.74) is 0.500. The highest BCUT2D eigenvalue weighted by atomic mass is 35.5. The number of hydrogen-bond acceptors (Lipinski definition) is 3. The van der Waals surface area contributed by atoms with E-state index in [1.165, 1.54) is 0 Å². The Morgan fingerprint density at radius 3 is 2.61 bits per heavy atom. The van der Waals surface area contributed by atoms with Gasteiger partial charge in [-0.05, 0) is 37.6 Å². The fraction of sp³-hybridized carbons (Fsp3) is 0.500. The largest absolute Gasteiger partial charge is 0.457 e. The van der Waals surface area contributed by atoms with E-state index < -0.39 is 0 Å². The lowest BCUT2D eigenvalue weighted by molar-refractivity contribution is 0.00169. The molecule has 0 aliphatic carbocycles. The molecule has 0 radical (unpaired) electrons. The number of ether oxygens (including phenoxy) is 2. The Kier molecular flexibility index (Phi) is 6.76. The third-order valence-corrected chi connectivity index (χ3v) is 2.63. The van der Waals surface area contributed by atoms with Gasteiger partial charge in [-0.3, -0.25) is 0 Å². The van der Waals surface area contributed by atoms with Crippen LogP contribution in [0.2, 0.25) is 5.02 Å². The first-order valence-corrected chi connectivity index (χ1v) is 6.55. The van der Waals surface area contributed by atoms with E-state index in [-0.39, 0.29) is 12.1 Å². The first kappa shape index (κ1) is 15.0. The fourth-order valence-electron chi connectivity index (χ4n) is 1.37. The Balaban J connectivity index is 2.33. The molecule has 100 valence electrons. The lowest BCUT2D eigenvalue weighted by Gasteiger charge is -2.13. The molecule has 0 aliphatic rings. The summed E-state index contributed by atoms with van der Waals surface area (Å²) < 4.78 is 10.6. The van der Waals surface area contributed by atoms with Gasteiger partial charge < -0.3 is 9.47 Å². The minimum atomic E-state index is -0.349. The number of rotatable bonds is 7. The van der Waals surface area contributed by atoms with Gasteiger partial charge in [0.25, 0.3) is 0 Å². The maximum atomic E-state index is 11.7. The molecule has 1 aromatic rings. The molecule has 0 saturated carbocycles. The van der Waals surface area contributed by atoms with Crippen molar-refractivity contribution >= 4 is 17.6 Å². The molecule has 0 N–H and O–H groups in total. The van der Waals surface area contributed by atoms with Crippen LogP contribution in [0.15, 0.2) is 24.3 Å². The van der Waals surface area contributed by atoms with E-state index >= 15 is 0 Å². The minimum absolute atomic E-state index is 0.245. The molecule has 0 fully saturated rings. The lowest BCUT2D eigenvalue weighted by atomic mass is 10.2. The molecule has 1 unspecified atom stereocenters. The Hall–Kier alpha value is -1.06. The molecule has 0 amide bonds. The summed E-state index contributed by atoms with van der Waals surface area (Å²) in [5, 5.41) is 0.600. The van der Waals surface area contributed by atoms with Crippen LogP contribution in [0.4, 0.5) is 0 Å². The van der Waals surface area contributed by atoms with Gasteiger partial charge in [-0.1, -0.05) is 24.9 Å². The van der Waals surface area contributed by atoms with Crippen molar-refractivity contribution in [2.45, 2.75) is 32.8 Å². The molecule has 1 atom stereocenters. The van der Waals surface area contributed by atoms with Crippen LogP contribution >= 0.6 is 11.6 Å². The van der Waals surface area contributed by atoms with E-state index in [1.807, 2.05) is 6.92 Å². The van der Waals surface area contributed by atoms with Gasteiger partial charge >= 0.3 is 5.97 Å². The van der Waals surface area contributed by atoms with Crippen molar-refractivity contribution < 1.29 is 14.3 Å². The van der Waals surface area contributed by atoms with Gasteiger partial charge in [0, 0.05) is 11.6 Å². The Morgan fingerprint density at radius 1 is 1.33 bits per heavy atom. The van der Waals surface area contributed by atoms with Crippen LogP contribution in [0.3, 0.4) is 0 Å². The average Bonchev–Trinajstić information content (AvgIpc) is 2.35. The van der Waals surface area contributed by atoms with Crippen LogP contribution in [0.1, 0.15) is 37.0 Å². The Labute approximate surface area is 113 Å². The van der Waals surface area contributed by atoms with Gasteiger partial charge in [0.2, 0.25) is 0 Å². The zero-order valence-electron chi connectivity index (χ0n) is 10.8. The highest BCUT2D eigenvalue weighted by molar-refractivity contribution is 6.30. The minimum Gasteiger partial charge on any atom is -0.457 e. The van der Waals surface area contributed by atoms with E-state index in [0.29, 0.717) is 23.8 Å². The quantitative estimate of drug-likeness (QED) is 0.560. The van der Waals surface area contributed by atoms with Crippen LogP contribution in [-0.4, -0.2) is 25.3 Å². The summed E-state index contributed by atoms with van der Waals surface area (Å²) in [7, 11) is 0. The molecule has 0 saturated heterocycles. The number of benzene rings is 1. The van der Waals surface area contributed by atoms with E-state index in [1.54, 1.807) is 24.3 Å². The summed E-state index contributed by atoms with van der Waals surface area (Å²) >= 11 is 5.75. The van der Waals surface area contributed by atoms with Gasteiger partial charge in [-0.2, -0.15) is 0 Å². The normalized spacial score (nSPS) is 12.2. The third kappa shape index (κ3) is 5.52. The van der Waals surface area contributed by atoms with Crippen LogP contribution in [0, 0.1) is 0 Å². The van der Waals surface area contributed by atoms with Gasteiger partial charge in [0.1, 0.15) is 6.10 Å². The topological polar surface area (TPSA) is 35.5 Å². The van der Waals surface area contributed by atoms with E-state index in [2.05, 4.69) is 6.92 Å². The number of hydrogen-bond donors (Lipinski definition) is 0. The molecule has 1 aromatic carbocycles. The third-order valence-electron chi connectivity index (χ3n) is 2.38. The van der Waals surface area contributed by atoms with Crippen molar-refractivity contribution in [1.29, 1.82) is 0 Å². The number of halogens is 1. The molecule has 0 aliphatic heterocycles. The van der Waals surface area contributed by atoms with Crippen molar-refractivity contribution in [2.24, 2.45) is 0 Å². The zero-order chi connectivity index (χ0) is 13.4. The van der Waals surface area contributed by atoms with Crippen molar-refractivity contribution in [1.82, 2.24) is 0 Å². The SMILES string of the molecule is CCCCOCC(C)OC(=O)c1ccc(Cl)cc1. The van der Waals surface area contributed by atoms with Crippen LogP contribution in [0.25, 0.3) is 0 Å². The Bertz CT molecular complexity index is 362. The Morgan fingerprint density at radius 2 is 2.00 bits per heavy atom. The molecule has 0 bridgehead atoms. The summed E-state index contributed by atoms with van der Waals surface area (Å²) in [6, 6.07) is 6.63. The molecule has 0 heterocycles. The smallest absolute Gasteiger partial charge is 0.338 e. The van der Waals surface area contributed by atoms with Crippen molar-refractivity contribution in [2.75, 3.05) is 13.2 Å². The second-order valence-corrected chi connectivity index (χ2v) is 4.59. The summed E-state index contributed by atoms with van der Waals surface area (Å²) in [4.78, 5) is 11.7. The van der Waals surface area contributed by atoms with E-state index in [9.17, 15) is 4.79 Å². The maximum absolute atomic E-state index is 11.7. The monoisotopic (exact) mass is 270 g/mol. The summed E-state index contributed by atoms with van der Waals surface area (Å²) in [6.45, 7) is 5.06. The predicted molar refractivity (Wildman–Crippen MR) is 72.1 cm³/mol. The number of carbonyl (C=O) groups excluding carboxylic acids is 1. The molecular weight excluding hydrogens is 252 g/mol. The average molecular weight is 271 g/mol. The van der Waals surface area contributed by atoms with Gasteiger partial charge in [-0.25, -0.2) is 4.79 Å². The summed E-state index contributed by atoms with van der Waals surface area (Å²) in [6.07, 6.45) is 1.88. The second kappa shape index (κ2) is 8.11. The van der Waals surface area contributed by atoms with Gasteiger partial charge in [0.05, 0.1) is 12.2 Å². The molecule has 0 aromatic heterocycles. The van der Waals surface area contributed by atoms with Crippen molar-refractivity contribution in [3.05, 3.63) is 34.9 Å². The van der Waals surface area contributed by atoms with Crippen LogP contribution < -0.4 is 0 Å². The second-order valence-electron chi connectivity index (χ2n) is 4.15. The molecule has 1 rings (SSSR count). The van der Waals surface area contributed by atoms with Gasteiger partial charge in [-0.15, -0.1) is 0 Å². The van der Waals surface area contributed by atoms with Crippen molar-refractivity contribution in [3.63, 3.8) is 0 Å². The highest BCUT2D eigenvalue weighted by Gasteiger charge is 2.11. The molecule has 4 heteroatoms. The highest BCUT2D eigenvalue weighted by Crippen LogP contribution is 2.11. The van der Waals surface area contributed by atoms with E-state index in [0.717, 1.165) is 12.8 Å². The van der Waals surface area contributed by atoms with E-state index in [4.69, 9.17) is 21.1 Å². The lowest BCUT2D eigenvalue weighted by Crippen LogP contribution is -2.20. The number of unbranched alkanes of at least 4 members (excludes halogenated alkanes) is 1. The number of esters is 1. The van der Waals surface area contributed by atoms with Crippen LogP contribution in [0.5, 0.6) is 0 Å². The standard InChI is InChI=1S/C14H19ClO3/c1-3-4-9-17-10-11(2)18-14(16)12-5-7-13(15)8-6-12/h5-8,11H,3-4,9-10H2,1-2H3. The summed E-state index contributed by atoms with van der Waals surface area (Å²) in [5.74, 6) is -0.349. The van der Waals surface area contributed by atoms with Crippen molar-refractivity contribution in [3.8, 4) is 0 Å². The van der Waals surface area contributed by atoms with Gasteiger partial charge in [0.15, 0.2) is 0 Å². The predicted octanol–water partition coefficient (Wildman–Crippen LogP) is 3.70. The number of carbonyl (C=O) groups is 1. The molecule has 0 spiro atoms. The first-order valence-electron chi connectivity index (χ1n) is 6.17. The maximum Gasteiger partial charge on any atom is 0.338 e.